The van der Waals surface area contributed by atoms with Gasteiger partial charge in [-0.1, -0.05) is 6.07 Å². The highest BCUT2D eigenvalue weighted by molar-refractivity contribution is 7.98. The fourth-order valence-corrected chi connectivity index (χ4v) is 3.68. The van der Waals surface area contributed by atoms with E-state index in [0.29, 0.717) is 0 Å². The Bertz CT molecular complexity index is 900. The van der Waals surface area contributed by atoms with E-state index in [1.807, 2.05) is 30.5 Å². The number of hydrogen-bond donors (Lipinski definition) is 2. The van der Waals surface area contributed by atoms with Crippen molar-refractivity contribution in [2.75, 3.05) is 37.5 Å². The lowest BCUT2D eigenvalue weighted by Crippen LogP contribution is -2.45. The van der Waals surface area contributed by atoms with Crippen molar-refractivity contribution >= 4 is 41.3 Å². The monoisotopic (exact) mass is 433 g/mol. The topological polar surface area (TPSA) is 114 Å². The summed E-state index contributed by atoms with van der Waals surface area (Å²) in [6.45, 7) is 1.77. The molecule has 2 heterocycles. The highest BCUT2D eigenvalue weighted by Crippen LogP contribution is 2.28. The fourth-order valence-electron chi connectivity index (χ4n) is 3.22. The first-order chi connectivity index (χ1) is 14.4. The van der Waals surface area contributed by atoms with Crippen molar-refractivity contribution in [3.63, 3.8) is 0 Å². The summed E-state index contributed by atoms with van der Waals surface area (Å²) >= 11 is 1.57. The van der Waals surface area contributed by atoms with Gasteiger partial charge in [-0.25, -0.2) is 9.59 Å². The van der Waals surface area contributed by atoms with Gasteiger partial charge in [0.05, 0.1) is 30.3 Å². The molecule has 1 aromatic carbocycles. The van der Waals surface area contributed by atoms with Gasteiger partial charge < -0.3 is 25.0 Å². The zero-order valence-corrected chi connectivity index (χ0v) is 17.5. The van der Waals surface area contributed by atoms with Crippen LogP contribution < -0.4 is 15.5 Å². The smallest absolute Gasteiger partial charge is 0.337 e. The highest BCUT2D eigenvalue weighted by atomic mass is 32.2. The third kappa shape index (κ3) is 4.93. The molecule has 1 saturated heterocycles. The highest BCUT2D eigenvalue weighted by Gasteiger charge is 2.36. The summed E-state index contributed by atoms with van der Waals surface area (Å²) in [6.07, 6.45) is 1.99. The first kappa shape index (κ1) is 21.7. The van der Waals surface area contributed by atoms with Crippen LogP contribution in [-0.4, -0.2) is 56.4 Å². The molecule has 0 unspecified atom stereocenters. The zero-order valence-electron chi connectivity index (χ0n) is 16.7. The van der Waals surface area contributed by atoms with Crippen molar-refractivity contribution in [1.29, 1.82) is 0 Å². The average Bonchev–Trinajstić information content (AvgIpc) is 3.14. The third-order valence-corrected chi connectivity index (χ3v) is 5.48. The lowest BCUT2D eigenvalue weighted by Gasteiger charge is -2.21. The maximum Gasteiger partial charge on any atom is 0.337 e. The molecule has 0 aromatic heterocycles. The van der Waals surface area contributed by atoms with E-state index in [0.717, 1.165) is 10.6 Å². The number of anilines is 1. The number of thioether (sulfide) groups is 1. The number of amides is 3. The van der Waals surface area contributed by atoms with Gasteiger partial charge in [0.25, 0.3) is 0 Å². The largest absolute Gasteiger partial charge is 0.463 e. The minimum atomic E-state index is -0.625. The van der Waals surface area contributed by atoms with Gasteiger partial charge in [-0.2, -0.15) is 0 Å². The molecule has 1 fully saturated rings. The molecule has 0 bridgehead atoms. The van der Waals surface area contributed by atoms with Crippen molar-refractivity contribution in [2.24, 2.45) is 5.92 Å². The van der Waals surface area contributed by atoms with Crippen LogP contribution in [0, 0.1) is 5.92 Å². The van der Waals surface area contributed by atoms with Crippen LogP contribution in [0.5, 0.6) is 0 Å². The number of nitrogens with zero attached hydrogens (tertiary/aromatic N) is 1. The SMILES string of the molecule is CCOC(=O)C1=C(COC(=O)[C@H]2CC(=O)N(c3cccc(SC)c3)C2)NC(=O)NC1. The average molecular weight is 433 g/mol. The number of esters is 2. The van der Waals surface area contributed by atoms with Crippen LogP contribution in [0.25, 0.3) is 0 Å². The van der Waals surface area contributed by atoms with Gasteiger partial charge in [0.1, 0.15) is 6.61 Å². The minimum absolute atomic E-state index is 0.0149. The van der Waals surface area contributed by atoms with Crippen molar-refractivity contribution in [1.82, 2.24) is 10.6 Å². The predicted molar refractivity (Wildman–Crippen MR) is 110 cm³/mol. The van der Waals surface area contributed by atoms with Crippen LogP contribution in [0.1, 0.15) is 13.3 Å². The number of benzene rings is 1. The van der Waals surface area contributed by atoms with Gasteiger partial charge >= 0.3 is 18.0 Å². The normalized spacial score (nSPS) is 18.7. The quantitative estimate of drug-likeness (QED) is 0.494. The lowest BCUT2D eigenvalue weighted by molar-refractivity contribution is -0.147. The summed E-state index contributed by atoms with van der Waals surface area (Å²) in [7, 11) is 0. The van der Waals surface area contributed by atoms with Gasteiger partial charge in [-0.15, -0.1) is 11.8 Å². The van der Waals surface area contributed by atoms with Gasteiger partial charge in [0.15, 0.2) is 0 Å². The second kappa shape index (κ2) is 9.66. The summed E-state index contributed by atoms with van der Waals surface area (Å²) in [4.78, 5) is 51.2. The van der Waals surface area contributed by atoms with E-state index < -0.39 is 23.9 Å². The molecule has 3 amide bonds. The Morgan fingerprint density at radius 1 is 1.27 bits per heavy atom. The number of carbonyl (C=O) groups excluding carboxylic acids is 4. The molecule has 2 aliphatic heterocycles. The first-order valence-electron chi connectivity index (χ1n) is 9.48. The third-order valence-electron chi connectivity index (χ3n) is 4.76. The molecular weight excluding hydrogens is 410 g/mol. The number of rotatable bonds is 7. The number of urea groups is 1. The predicted octanol–water partition coefficient (Wildman–Crippen LogP) is 1.43. The number of nitrogens with one attached hydrogen (secondary N) is 2. The molecule has 1 aromatic rings. The zero-order chi connectivity index (χ0) is 21.7. The Morgan fingerprint density at radius 3 is 2.80 bits per heavy atom. The maximum absolute atomic E-state index is 12.5. The Labute approximate surface area is 178 Å². The molecule has 10 heteroatoms. The van der Waals surface area contributed by atoms with E-state index in [-0.39, 0.29) is 49.9 Å². The van der Waals surface area contributed by atoms with Gasteiger partial charge in [-0.3, -0.25) is 9.59 Å². The summed E-state index contributed by atoms with van der Waals surface area (Å²) in [5.74, 6) is -1.93. The van der Waals surface area contributed by atoms with E-state index in [4.69, 9.17) is 9.47 Å². The molecule has 9 nitrogen and oxygen atoms in total. The van der Waals surface area contributed by atoms with Crippen LogP contribution in [0.3, 0.4) is 0 Å². The minimum Gasteiger partial charge on any atom is -0.463 e. The van der Waals surface area contributed by atoms with E-state index >= 15 is 0 Å². The summed E-state index contributed by atoms with van der Waals surface area (Å²) < 4.78 is 10.3. The molecule has 3 rings (SSSR count). The Balaban J connectivity index is 1.65. The van der Waals surface area contributed by atoms with Gasteiger partial charge in [0, 0.05) is 23.5 Å². The van der Waals surface area contributed by atoms with Gasteiger partial charge in [0.2, 0.25) is 5.91 Å². The molecule has 2 aliphatic rings. The van der Waals surface area contributed by atoms with E-state index in [2.05, 4.69) is 10.6 Å². The second-order valence-electron chi connectivity index (χ2n) is 6.70. The number of ether oxygens (including phenoxy) is 2. The van der Waals surface area contributed by atoms with Crippen molar-refractivity contribution < 1.29 is 28.7 Å². The second-order valence-corrected chi connectivity index (χ2v) is 7.58. The molecule has 2 N–H and O–H groups in total. The van der Waals surface area contributed by atoms with Crippen molar-refractivity contribution in [2.45, 2.75) is 18.2 Å². The first-order valence-corrected chi connectivity index (χ1v) is 10.7. The summed E-state index contributed by atoms with van der Waals surface area (Å²) in [5.41, 5.74) is 1.11. The Kier molecular flexibility index (Phi) is 6.99. The van der Waals surface area contributed by atoms with Crippen molar-refractivity contribution in [3.8, 4) is 0 Å². The van der Waals surface area contributed by atoms with Crippen LogP contribution in [0.4, 0.5) is 10.5 Å². The Morgan fingerprint density at radius 2 is 2.07 bits per heavy atom. The lowest BCUT2D eigenvalue weighted by atomic mass is 10.1. The van der Waals surface area contributed by atoms with Crippen LogP contribution in [-0.2, 0) is 23.9 Å². The van der Waals surface area contributed by atoms with Crippen LogP contribution in [0.15, 0.2) is 40.4 Å². The van der Waals surface area contributed by atoms with Crippen LogP contribution in [0.2, 0.25) is 0 Å². The molecule has 0 radical (unpaired) electrons. The maximum atomic E-state index is 12.5. The summed E-state index contributed by atoms with van der Waals surface area (Å²) in [5, 5.41) is 4.96. The molecule has 0 aliphatic carbocycles. The van der Waals surface area contributed by atoms with Crippen molar-refractivity contribution in [3.05, 3.63) is 35.5 Å². The fraction of sp³-hybridized carbons (Fsp3) is 0.400. The van der Waals surface area contributed by atoms with E-state index in [9.17, 15) is 19.2 Å². The summed E-state index contributed by atoms with van der Waals surface area (Å²) in [6, 6.07) is 7.04. The molecule has 1 atom stereocenters. The number of hydrogen-bond acceptors (Lipinski definition) is 7. The molecular formula is C20H23N3O6S. The molecule has 160 valence electrons. The standard InChI is InChI=1S/C20H23N3O6S/c1-3-28-19(26)15-9-21-20(27)22-16(15)11-29-18(25)12-7-17(24)23(10-12)13-5-4-6-14(8-13)30-2/h4-6,8,12H,3,7,9-11H2,1-2H3,(H2,21,22,27)/t12-/m0/s1. The Hall–Kier alpha value is -3.01. The van der Waals surface area contributed by atoms with E-state index in [1.54, 1.807) is 23.6 Å². The number of carbonyl (C=O) groups is 4. The van der Waals surface area contributed by atoms with Gasteiger partial charge in [-0.05, 0) is 31.4 Å². The molecule has 0 saturated carbocycles. The molecule has 0 spiro atoms. The molecule has 30 heavy (non-hydrogen) atoms. The van der Waals surface area contributed by atoms with Crippen LogP contribution >= 0.6 is 11.8 Å². The van der Waals surface area contributed by atoms with E-state index in [1.165, 1.54) is 0 Å².